The molecule has 8 aromatic rings. The third-order valence-electron chi connectivity index (χ3n) is 9.27. The van der Waals surface area contributed by atoms with Crippen LogP contribution < -0.4 is 4.90 Å². The molecule has 1 aliphatic rings. The summed E-state index contributed by atoms with van der Waals surface area (Å²) in [5, 5.41) is 14.7. The molecule has 5 nitrogen and oxygen atoms in total. The second-order valence-corrected chi connectivity index (χ2v) is 12.0. The number of rotatable bonds is 2. The zero-order valence-electron chi connectivity index (χ0n) is 24.2. The molecule has 0 N–H and O–H groups in total. The van der Waals surface area contributed by atoms with Crippen molar-refractivity contribution in [1.82, 2.24) is 9.55 Å². The van der Waals surface area contributed by atoms with Crippen LogP contribution in [0.2, 0.25) is 0 Å². The predicted octanol–water partition coefficient (Wildman–Crippen LogP) is 10.1. The number of aromatic nitrogens is 2. The smallest absolute Gasteiger partial charge is 0.164 e. The van der Waals surface area contributed by atoms with E-state index in [0.29, 0.717) is 5.69 Å². The quantitative estimate of drug-likeness (QED) is 0.209. The summed E-state index contributed by atoms with van der Waals surface area (Å²) in [6.07, 6.45) is 1.81. The van der Waals surface area contributed by atoms with Crippen molar-refractivity contribution < 1.29 is 4.42 Å². The molecule has 0 aliphatic carbocycles. The van der Waals surface area contributed by atoms with E-state index in [9.17, 15) is 5.26 Å². The molecule has 0 saturated heterocycles. The lowest BCUT2D eigenvalue weighted by molar-refractivity contribution is 0.632. The molecule has 0 atom stereocenters. The van der Waals surface area contributed by atoms with Gasteiger partial charge in [-0.05, 0) is 53.6 Å². The molecule has 5 aromatic carbocycles. The highest BCUT2D eigenvalue weighted by atomic mass is 16.3. The SMILES string of the molecule is CC1(C)c2ccccc2N(c2cc(-n3c4ccccc4c4c5oc6ccccc6c5ccc43)cnc2C#N)c2ccccc21. The third kappa shape index (κ3) is 3.20. The fourth-order valence-corrected chi connectivity index (χ4v) is 7.26. The molecule has 0 spiro atoms. The Hall–Kier alpha value is -5.86. The Bertz CT molecular complexity index is 2460. The molecule has 5 heteroatoms. The number of nitriles is 1. The fraction of sp³-hybridized carbons (Fsp3) is 0.0769. The minimum atomic E-state index is -0.202. The van der Waals surface area contributed by atoms with Crippen molar-refractivity contribution in [2.24, 2.45) is 0 Å². The minimum Gasteiger partial charge on any atom is -0.455 e. The number of hydrogen-bond acceptors (Lipinski definition) is 4. The first kappa shape index (κ1) is 24.7. The fourth-order valence-electron chi connectivity index (χ4n) is 7.26. The van der Waals surface area contributed by atoms with Crippen molar-refractivity contribution >= 4 is 60.8 Å². The van der Waals surface area contributed by atoms with E-state index in [0.717, 1.165) is 66.5 Å². The number of benzene rings is 5. The predicted molar refractivity (Wildman–Crippen MR) is 177 cm³/mol. The van der Waals surface area contributed by atoms with E-state index >= 15 is 0 Å². The number of hydrogen-bond donors (Lipinski definition) is 0. The van der Waals surface area contributed by atoms with Gasteiger partial charge in [0.2, 0.25) is 0 Å². The van der Waals surface area contributed by atoms with Gasteiger partial charge < -0.3 is 13.9 Å². The average molecular weight is 567 g/mol. The molecule has 44 heavy (non-hydrogen) atoms. The van der Waals surface area contributed by atoms with E-state index in [1.807, 2.05) is 24.4 Å². The molecule has 1 aliphatic heterocycles. The Morgan fingerprint density at radius 3 is 2.09 bits per heavy atom. The highest BCUT2D eigenvalue weighted by Gasteiger charge is 2.37. The Kier molecular flexibility index (Phi) is 4.96. The standard InChI is InChI=1S/C39H26N4O/c1-39(2)28-13-5-8-16-32(28)43(33-17-9-6-14-29(33)39)35-21-24(23-41-30(35)22-40)42-31-15-7-3-12-27(31)37-34(42)20-19-26-25-11-4-10-18-36(25)44-38(26)37/h3-21,23H,1-2H3. The summed E-state index contributed by atoms with van der Waals surface area (Å²) < 4.78 is 8.73. The monoisotopic (exact) mass is 566 g/mol. The third-order valence-corrected chi connectivity index (χ3v) is 9.27. The molecule has 0 radical (unpaired) electrons. The molecule has 0 unspecified atom stereocenters. The van der Waals surface area contributed by atoms with Crippen LogP contribution in [0.3, 0.4) is 0 Å². The Labute approximate surface area is 253 Å². The Morgan fingerprint density at radius 1 is 0.682 bits per heavy atom. The lowest BCUT2D eigenvalue weighted by Crippen LogP contribution is -2.31. The van der Waals surface area contributed by atoms with Crippen molar-refractivity contribution in [3.05, 3.63) is 138 Å². The lowest BCUT2D eigenvalue weighted by atomic mass is 9.73. The summed E-state index contributed by atoms with van der Waals surface area (Å²) in [7, 11) is 0. The highest BCUT2D eigenvalue weighted by Crippen LogP contribution is 2.52. The van der Waals surface area contributed by atoms with Gasteiger partial charge >= 0.3 is 0 Å². The second-order valence-electron chi connectivity index (χ2n) is 12.0. The summed E-state index contributed by atoms with van der Waals surface area (Å²) in [6, 6.07) is 42.4. The number of fused-ring (bicyclic) bond motifs is 9. The van der Waals surface area contributed by atoms with E-state index in [-0.39, 0.29) is 5.41 Å². The summed E-state index contributed by atoms with van der Waals surface area (Å²) in [5.74, 6) is 0. The molecular formula is C39H26N4O. The number of nitrogens with zero attached hydrogens (tertiary/aromatic N) is 4. The van der Waals surface area contributed by atoms with Gasteiger partial charge in [0.05, 0.1) is 45.4 Å². The van der Waals surface area contributed by atoms with Crippen molar-refractivity contribution in [3.8, 4) is 11.8 Å². The second kappa shape index (κ2) is 8.82. The van der Waals surface area contributed by atoms with E-state index in [1.54, 1.807) is 0 Å². The van der Waals surface area contributed by atoms with Crippen LogP contribution in [0.5, 0.6) is 0 Å². The maximum atomic E-state index is 10.3. The van der Waals surface area contributed by atoms with Gasteiger partial charge in [-0.3, -0.25) is 0 Å². The molecule has 4 heterocycles. The average Bonchev–Trinajstić information content (AvgIpc) is 3.61. The Morgan fingerprint density at radius 2 is 1.34 bits per heavy atom. The summed E-state index contributed by atoms with van der Waals surface area (Å²) in [5.41, 5.74) is 10.1. The van der Waals surface area contributed by atoms with Crippen LogP contribution >= 0.6 is 0 Å². The van der Waals surface area contributed by atoms with Crippen LogP contribution in [-0.2, 0) is 5.41 Å². The van der Waals surface area contributed by atoms with Gasteiger partial charge in [-0.2, -0.15) is 5.26 Å². The topological polar surface area (TPSA) is 58.0 Å². The van der Waals surface area contributed by atoms with E-state index in [2.05, 4.69) is 126 Å². The van der Waals surface area contributed by atoms with Crippen LogP contribution in [-0.4, -0.2) is 9.55 Å². The number of anilines is 3. The molecule has 0 bridgehead atoms. The highest BCUT2D eigenvalue weighted by molar-refractivity contribution is 6.23. The van der Waals surface area contributed by atoms with Gasteiger partial charge in [0, 0.05) is 21.6 Å². The maximum absolute atomic E-state index is 10.3. The molecular weight excluding hydrogens is 540 g/mol. The number of pyridine rings is 1. The van der Waals surface area contributed by atoms with Crippen LogP contribution in [0, 0.1) is 11.3 Å². The first-order valence-corrected chi connectivity index (χ1v) is 14.8. The van der Waals surface area contributed by atoms with Gasteiger partial charge in [0.1, 0.15) is 17.2 Å². The minimum absolute atomic E-state index is 0.202. The summed E-state index contributed by atoms with van der Waals surface area (Å²) >= 11 is 0. The van der Waals surface area contributed by atoms with Crippen LogP contribution in [0.25, 0.3) is 49.4 Å². The zero-order chi connectivity index (χ0) is 29.6. The number of furan rings is 1. The van der Waals surface area contributed by atoms with E-state index in [1.165, 1.54) is 11.1 Å². The van der Waals surface area contributed by atoms with Crippen LogP contribution in [0.1, 0.15) is 30.7 Å². The van der Waals surface area contributed by atoms with Crippen LogP contribution in [0.15, 0.2) is 126 Å². The van der Waals surface area contributed by atoms with Gasteiger partial charge in [-0.15, -0.1) is 0 Å². The molecule has 0 saturated carbocycles. The van der Waals surface area contributed by atoms with E-state index in [4.69, 9.17) is 9.40 Å². The molecule has 0 fully saturated rings. The largest absolute Gasteiger partial charge is 0.455 e. The van der Waals surface area contributed by atoms with Crippen LogP contribution in [0.4, 0.5) is 17.1 Å². The first-order chi connectivity index (χ1) is 21.6. The normalized spacial score (nSPS) is 13.8. The summed E-state index contributed by atoms with van der Waals surface area (Å²) in [6.45, 7) is 4.53. The van der Waals surface area contributed by atoms with Crippen molar-refractivity contribution in [2.45, 2.75) is 19.3 Å². The van der Waals surface area contributed by atoms with Gasteiger partial charge in [0.25, 0.3) is 0 Å². The maximum Gasteiger partial charge on any atom is 0.164 e. The molecule has 3 aromatic heterocycles. The van der Waals surface area contributed by atoms with Crippen molar-refractivity contribution in [1.29, 1.82) is 5.26 Å². The molecule has 208 valence electrons. The van der Waals surface area contributed by atoms with E-state index < -0.39 is 0 Å². The summed E-state index contributed by atoms with van der Waals surface area (Å²) in [4.78, 5) is 6.98. The molecule has 9 rings (SSSR count). The molecule has 0 amide bonds. The van der Waals surface area contributed by atoms with Crippen molar-refractivity contribution in [2.75, 3.05) is 4.90 Å². The van der Waals surface area contributed by atoms with Gasteiger partial charge in [0.15, 0.2) is 5.69 Å². The zero-order valence-corrected chi connectivity index (χ0v) is 24.2. The Balaban J connectivity index is 1.35. The number of para-hydroxylation sites is 4. The van der Waals surface area contributed by atoms with Crippen molar-refractivity contribution in [3.63, 3.8) is 0 Å². The first-order valence-electron chi connectivity index (χ1n) is 14.8. The van der Waals surface area contributed by atoms with Gasteiger partial charge in [-0.25, -0.2) is 4.98 Å². The van der Waals surface area contributed by atoms with Gasteiger partial charge in [-0.1, -0.05) is 86.6 Å². The lowest BCUT2D eigenvalue weighted by Gasteiger charge is -2.42.